The molecule has 31 heavy (non-hydrogen) atoms. The first kappa shape index (κ1) is 22.2. The molecule has 0 aliphatic heterocycles. The van der Waals surface area contributed by atoms with Crippen LogP contribution in [0.4, 0.5) is 5.69 Å². The van der Waals surface area contributed by atoms with Crippen LogP contribution in [0.25, 0.3) is 0 Å². The van der Waals surface area contributed by atoms with Crippen molar-refractivity contribution in [1.29, 1.82) is 0 Å². The van der Waals surface area contributed by atoms with Crippen molar-refractivity contribution in [2.24, 2.45) is 0 Å². The van der Waals surface area contributed by atoms with Gasteiger partial charge in [0.2, 0.25) is 19.7 Å². The Bertz CT molecular complexity index is 1330. The number of ether oxygens (including phenoxy) is 2. The van der Waals surface area contributed by atoms with Gasteiger partial charge in [0.25, 0.3) is 5.69 Å². The second-order valence-corrected chi connectivity index (χ2v) is 10.1. The summed E-state index contributed by atoms with van der Waals surface area (Å²) in [4.78, 5) is 9.35. The minimum Gasteiger partial charge on any atom is -0.497 e. The van der Waals surface area contributed by atoms with Gasteiger partial charge in [-0.1, -0.05) is 0 Å². The van der Waals surface area contributed by atoms with E-state index in [0.29, 0.717) is 11.5 Å². The van der Waals surface area contributed by atoms with E-state index in [1.807, 2.05) is 0 Å². The standard InChI is InChI=1S/C20H17NO8S2/c1-28-14-3-7-16(8-4-14)30(24,25)18-11-12-20(19(13-18)21(22)23)31(26,27)17-9-5-15(29-2)6-10-17/h3-13H,1-2H3. The number of nitrogens with zero attached hydrogens (tertiary/aromatic N) is 1. The Hall–Kier alpha value is -3.44. The Balaban J connectivity index is 2.11. The Morgan fingerprint density at radius 2 is 1.10 bits per heavy atom. The molecule has 3 aromatic rings. The van der Waals surface area contributed by atoms with Crippen molar-refractivity contribution in [3.63, 3.8) is 0 Å². The largest absolute Gasteiger partial charge is 0.497 e. The summed E-state index contributed by atoms with van der Waals surface area (Å²) in [5.41, 5.74) is -0.842. The van der Waals surface area contributed by atoms with Crippen molar-refractivity contribution >= 4 is 25.4 Å². The van der Waals surface area contributed by atoms with Crippen LogP contribution in [0, 0.1) is 10.1 Å². The zero-order valence-electron chi connectivity index (χ0n) is 16.4. The maximum absolute atomic E-state index is 13.0. The van der Waals surface area contributed by atoms with Crippen molar-refractivity contribution in [1.82, 2.24) is 0 Å². The molecule has 0 amide bonds. The summed E-state index contributed by atoms with van der Waals surface area (Å²) in [5.74, 6) is 0.847. The van der Waals surface area contributed by atoms with E-state index < -0.39 is 40.1 Å². The number of methoxy groups -OCH3 is 2. The summed E-state index contributed by atoms with van der Waals surface area (Å²) in [5, 5.41) is 11.6. The number of nitro groups is 1. The monoisotopic (exact) mass is 463 g/mol. The van der Waals surface area contributed by atoms with Crippen LogP contribution in [0.3, 0.4) is 0 Å². The normalized spacial score (nSPS) is 11.7. The van der Waals surface area contributed by atoms with Crippen molar-refractivity contribution in [3.8, 4) is 11.5 Å². The van der Waals surface area contributed by atoms with Gasteiger partial charge in [0, 0.05) is 6.07 Å². The number of hydrogen-bond donors (Lipinski definition) is 0. The fraction of sp³-hybridized carbons (Fsp3) is 0.100. The topological polar surface area (TPSA) is 130 Å². The average Bonchev–Trinajstić information content (AvgIpc) is 2.78. The van der Waals surface area contributed by atoms with E-state index in [2.05, 4.69) is 0 Å². The lowest BCUT2D eigenvalue weighted by molar-refractivity contribution is -0.388. The molecule has 0 unspecified atom stereocenters. The zero-order chi connectivity index (χ0) is 22.8. The van der Waals surface area contributed by atoms with Crippen LogP contribution < -0.4 is 9.47 Å². The number of nitro benzene ring substituents is 1. The van der Waals surface area contributed by atoms with Gasteiger partial charge < -0.3 is 9.47 Å². The molecule has 11 heteroatoms. The average molecular weight is 463 g/mol. The Labute approximate surface area is 178 Å². The van der Waals surface area contributed by atoms with Crippen LogP contribution in [-0.4, -0.2) is 36.0 Å². The van der Waals surface area contributed by atoms with Gasteiger partial charge in [-0.15, -0.1) is 0 Å². The number of sulfone groups is 2. The summed E-state index contributed by atoms with van der Waals surface area (Å²) in [7, 11) is -5.57. The Morgan fingerprint density at radius 1 is 0.677 bits per heavy atom. The summed E-state index contributed by atoms with van der Waals surface area (Å²) >= 11 is 0. The lowest BCUT2D eigenvalue weighted by Crippen LogP contribution is -2.08. The Morgan fingerprint density at radius 3 is 1.52 bits per heavy atom. The van der Waals surface area contributed by atoms with E-state index in [1.165, 1.54) is 62.8 Å². The molecule has 0 radical (unpaired) electrons. The summed E-state index contributed by atoms with van der Waals surface area (Å²) < 4.78 is 61.6. The molecule has 0 fully saturated rings. The minimum absolute atomic E-state index is 0.117. The van der Waals surface area contributed by atoms with Crippen LogP contribution in [0.2, 0.25) is 0 Å². The molecule has 3 aromatic carbocycles. The molecule has 0 heterocycles. The van der Waals surface area contributed by atoms with Gasteiger partial charge >= 0.3 is 0 Å². The van der Waals surface area contributed by atoms with Crippen molar-refractivity contribution < 1.29 is 31.2 Å². The molecule has 162 valence electrons. The third kappa shape index (κ3) is 4.23. The van der Waals surface area contributed by atoms with E-state index >= 15 is 0 Å². The minimum atomic E-state index is -4.28. The van der Waals surface area contributed by atoms with Gasteiger partial charge in [-0.25, -0.2) is 16.8 Å². The van der Waals surface area contributed by atoms with Gasteiger partial charge in [-0.3, -0.25) is 10.1 Å². The quantitative estimate of drug-likeness (QED) is 0.385. The highest BCUT2D eigenvalue weighted by Crippen LogP contribution is 2.34. The van der Waals surface area contributed by atoms with Crippen LogP contribution in [-0.2, 0) is 19.7 Å². The molecule has 9 nitrogen and oxygen atoms in total. The zero-order valence-corrected chi connectivity index (χ0v) is 18.0. The maximum Gasteiger partial charge on any atom is 0.289 e. The van der Waals surface area contributed by atoms with E-state index in [9.17, 15) is 26.9 Å². The first-order valence-corrected chi connectivity index (χ1v) is 11.6. The van der Waals surface area contributed by atoms with E-state index in [4.69, 9.17) is 9.47 Å². The highest BCUT2D eigenvalue weighted by molar-refractivity contribution is 7.92. The fourth-order valence-corrected chi connectivity index (χ4v) is 5.49. The lowest BCUT2D eigenvalue weighted by Gasteiger charge is -2.09. The molecule has 0 aromatic heterocycles. The molecule has 0 aliphatic carbocycles. The number of rotatable bonds is 7. The molecular formula is C20H17NO8S2. The SMILES string of the molecule is COc1ccc(S(=O)(=O)c2ccc(S(=O)(=O)c3ccc(OC)cc3)c([N+](=O)[O-])c2)cc1. The summed E-state index contributed by atoms with van der Waals surface area (Å²) in [6, 6.07) is 13.5. The third-order valence-electron chi connectivity index (χ3n) is 4.47. The molecule has 0 aliphatic rings. The third-order valence-corrected chi connectivity index (χ3v) is 8.05. The van der Waals surface area contributed by atoms with Gasteiger partial charge in [0.1, 0.15) is 16.4 Å². The van der Waals surface area contributed by atoms with E-state index in [-0.39, 0.29) is 9.79 Å². The van der Waals surface area contributed by atoms with Crippen LogP contribution >= 0.6 is 0 Å². The second-order valence-electron chi connectivity index (χ2n) is 6.24. The second kappa shape index (κ2) is 8.36. The Kier molecular flexibility index (Phi) is 6.00. The van der Waals surface area contributed by atoms with Gasteiger partial charge in [0.05, 0.1) is 33.8 Å². The first-order valence-electron chi connectivity index (χ1n) is 8.68. The molecule has 3 rings (SSSR count). The predicted molar refractivity (Wildman–Crippen MR) is 110 cm³/mol. The van der Waals surface area contributed by atoms with Crippen LogP contribution in [0.15, 0.2) is 86.3 Å². The predicted octanol–water partition coefficient (Wildman–Crippen LogP) is 3.28. The molecule has 0 N–H and O–H groups in total. The summed E-state index contributed by atoms with van der Waals surface area (Å²) in [6.07, 6.45) is 0. The smallest absolute Gasteiger partial charge is 0.289 e. The van der Waals surface area contributed by atoms with Crippen LogP contribution in [0.5, 0.6) is 11.5 Å². The van der Waals surface area contributed by atoms with E-state index in [0.717, 1.165) is 18.2 Å². The molecule has 0 atom stereocenters. The van der Waals surface area contributed by atoms with Gasteiger partial charge in [-0.05, 0) is 60.7 Å². The lowest BCUT2D eigenvalue weighted by atomic mass is 10.3. The number of benzene rings is 3. The van der Waals surface area contributed by atoms with Crippen molar-refractivity contribution in [2.75, 3.05) is 14.2 Å². The fourth-order valence-electron chi connectivity index (χ4n) is 2.81. The molecule has 0 saturated heterocycles. The van der Waals surface area contributed by atoms with Crippen molar-refractivity contribution in [2.45, 2.75) is 19.6 Å². The maximum atomic E-state index is 13.0. The van der Waals surface area contributed by atoms with Crippen molar-refractivity contribution in [3.05, 3.63) is 76.8 Å². The molecule has 0 saturated carbocycles. The highest BCUT2D eigenvalue weighted by Gasteiger charge is 2.30. The van der Waals surface area contributed by atoms with Gasteiger partial charge in [-0.2, -0.15) is 0 Å². The van der Waals surface area contributed by atoms with E-state index in [1.54, 1.807) is 0 Å². The van der Waals surface area contributed by atoms with Gasteiger partial charge in [0.15, 0.2) is 0 Å². The highest BCUT2D eigenvalue weighted by atomic mass is 32.2. The molecular weight excluding hydrogens is 446 g/mol. The van der Waals surface area contributed by atoms with Crippen LogP contribution in [0.1, 0.15) is 0 Å². The number of hydrogen-bond acceptors (Lipinski definition) is 8. The first-order chi connectivity index (χ1) is 14.6. The molecule has 0 bridgehead atoms. The summed E-state index contributed by atoms with van der Waals surface area (Å²) in [6.45, 7) is 0. The molecule has 0 spiro atoms.